The molecule has 4 aliphatic rings. The second-order valence-corrected chi connectivity index (χ2v) is 9.45. The van der Waals surface area contributed by atoms with Gasteiger partial charge in [0.25, 0.3) is 0 Å². The van der Waals surface area contributed by atoms with E-state index in [4.69, 9.17) is 0 Å². The van der Waals surface area contributed by atoms with Crippen LogP contribution >= 0.6 is 0 Å². The molecule has 124 valence electrons. The lowest BCUT2D eigenvalue weighted by molar-refractivity contribution is -0.0586. The normalized spacial score (nSPS) is 51.3. The Balaban J connectivity index is 1.68. The van der Waals surface area contributed by atoms with E-state index in [1.807, 2.05) is 5.57 Å². The van der Waals surface area contributed by atoms with E-state index in [9.17, 15) is 5.11 Å². The monoisotopic (exact) mass is 302 g/mol. The zero-order valence-corrected chi connectivity index (χ0v) is 14.8. The Morgan fingerprint density at radius 2 is 1.82 bits per heavy atom. The van der Waals surface area contributed by atoms with Crippen LogP contribution < -0.4 is 0 Å². The van der Waals surface area contributed by atoms with Gasteiger partial charge in [-0.05, 0) is 99.2 Å². The molecule has 1 unspecified atom stereocenters. The zero-order chi connectivity index (χ0) is 15.5. The van der Waals surface area contributed by atoms with E-state index in [0.717, 1.165) is 17.8 Å². The maximum Gasteiger partial charge on any atom is 0.0464 e. The molecule has 0 spiro atoms. The van der Waals surface area contributed by atoms with Crippen LogP contribution in [0.2, 0.25) is 0 Å². The average Bonchev–Trinajstić information content (AvgIpc) is 2.83. The lowest BCUT2D eigenvalue weighted by Gasteiger charge is -2.58. The first-order valence-electron chi connectivity index (χ1n) is 9.80. The van der Waals surface area contributed by atoms with Gasteiger partial charge in [0.15, 0.2) is 0 Å². The molecule has 4 aliphatic carbocycles. The Kier molecular flexibility index (Phi) is 3.53. The van der Waals surface area contributed by atoms with E-state index in [1.165, 1.54) is 57.8 Å². The third kappa shape index (κ3) is 1.87. The molecule has 0 aliphatic heterocycles. The number of rotatable bonds is 1. The van der Waals surface area contributed by atoms with Gasteiger partial charge in [-0.15, -0.1) is 0 Å². The molecule has 3 saturated carbocycles. The lowest BCUT2D eigenvalue weighted by Crippen LogP contribution is -2.50. The van der Waals surface area contributed by atoms with E-state index in [0.29, 0.717) is 23.4 Å². The second kappa shape index (κ2) is 5.10. The average molecular weight is 303 g/mol. The minimum atomic E-state index is 0.423. The number of aliphatic hydroxyl groups excluding tert-OH is 1. The molecule has 1 N–H and O–H groups in total. The fourth-order valence-electron chi connectivity index (χ4n) is 7.62. The molecule has 0 amide bonds. The van der Waals surface area contributed by atoms with Gasteiger partial charge in [0, 0.05) is 6.61 Å². The first kappa shape index (κ1) is 15.2. The van der Waals surface area contributed by atoms with Gasteiger partial charge in [-0.1, -0.05) is 25.0 Å². The highest BCUT2D eigenvalue weighted by Gasteiger charge is 2.58. The quantitative estimate of drug-likeness (QED) is 0.648. The number of hydrogen-bond acceptors (Lipinski definition) is 1. The van der Waals surface area contributed by atoms with Crippen molar-refractivity contribution in [1.29, 1.82) is 0 Å². The van der Waals surface area contributed by atoms with E-state index in [1.54, 1.807) is 5.57 Å². The van der Waals surface area contributed by atoms with Gasteiger partial charge < -0.3 is 5.11 Å². The first-order valence-corrected chi connectivity index (χ1v) is 9.80. The van der Waals surface area contributed by atoms with Crippen LogP contribution in [-0.4, -0.2) is 11.7 Å². The molecule has 0 heterocycles. The largest absolute Gasteiger partial charge is 0.396 e. The van der Waals surface area contributed by atoms with Gasteiger partial charge in [0.2, 0.25) is 0 Å². The highest BCUT2D eigenvalue weighted by Crippen LogP contribution is 2.67. The van der Waals surface area contributed by atoms with Gasteiger partial charge >= 0.3 is 0 Å². The van der Waals surface area contributed by atoms with Crippen LogP contribution in [0.5, 0.6) is 0 Å². The van der Waals surface area contributed by atoms with Crippen LogP contribution in [0.4, 0.5) is 0 Å². The molecule has 0 saturated heterocycles. The van der Waals surface area contributed by atoms with Crippen molar-refractivity contribution in [3.63, 3.8) is 0 Å². The Labute approximate surface area is 136 Å². The van der Waals surface area contributed by atoms with Crippen molar-refractivity contribution in [2.75, 3.05) is 6.61 Å². The second-order valence-electron chi connectivity index (χ2n) is 9.45. The van der Waals surface area contributed by atoms with E-state index in [2.05, 4.69) is 20.8 Å². The molecule has 0 aromatic carbocycles. The summed E-state index contributed by atoms with van der Waals surface area (Å²) in [7, 11) is 0. The Morgan fingerprint density at radius 1 is 1.00 bits per heavy atom. The van der Waals surface area contributed by atoms with Crippen LogP contribution in [0.3, 0.4) is 0 Å². The maximum atomic E-state index is 9.83. The van der Waals surface area contributed by atoms with Crippen molar-refractivity contribution in [3.8, 4) is 0 Å². The number of fused-ring (bicyclic) bond motifs is 5. The number of aliphatic hydroxyl groups is 1. The summed E-state index contributed by atoms with van der Waals surface area (Å²) in [6, 6.07) is 0. The summed E-state index contributed by atoms with van der Waals surface area (Å²) in [5, 5.41) is 9.83. The number of hydrogen-bond donors (Lipinski definition) is 1. The minimum Gasteiger partial charge on any atom is -0.396 e. The summed E-state index contributed by atoms with van der Waals surface area (Å²) in [5.74, 6) is 3.34. The van der Waals surface area contributed by atoms with E-state index in [-0.39, 0.29) is 0 Å². The Bertz CT molecular complexity index is 492. The van der Waals surface area contributed by atoms with Crippen LogP contribution in [0, 0.1) is 34.5 Å². The summed E-state index contributed by atoms with van der Waals surface area (Å²) in [5.41, 5.74) is 4.56. The lowest BCUT2D eigenvalue weighted by atomic mass is 9.46. The summed E-state index contributed by atoms with van der Waals surface area (Å²) < 4.78 is 0. The molecule has 0 aromatic rings. The summed E-state index contributed by atoms with van der Waals surface area (Å²) in [6.45, 7) is 7.97. The summed E-state index contributed by atoms with van der Waals surface area (Å²) in [6.07, 6.45) is 12.5. The van der Waals surface area contributed by atoms with Gasteiger partial charge in [-0.25, -0.2) is 0 Å². The fourth-order valence-corrected chi connectivity index (χ4v) is 7.62. The van der Waals surface area contributed by atoms with Crippen LogP contribution in [0.15, 0.2) is 11.1 Å². The van der Waals surface area contributed by atoms with Crippen LogP contribution in [0.1, 0.15) is 78.6 Å². The molecular weight excluding hydrogens is 268 g/mol. The van der Waals surface area contributed by atoms with Crippen LogP contribution in [0.25, 0.3) is 0 Å². The van der Waals surface area contributed by atoms with Gasteiger partial charge in [-0.3, -0.25) is 0 Å². The van der Waals surface area contributed by atoms with Crippen molar-refractivity contribution in [2.24, 2.45) is 34.5 Å². The molecule has 6 atom stereocenters. The molecular formula is C21H34O. The van der Waals surface area contributed by atoms with Crippen molar-refractivity contribution in [2.45, 2.75) is 78.6 Å². The third-order valence-electron chi connectivity index (χ3n) is 8.85. The van der Waals surface area contributed by atoms with Crippen molar-refractivity contribution >= 4 is 0 Å². The minimum absolute atomic E-state index is 0.423. The van der Waals surface area contributed by atoms with E-state index < -0.39 is 0 Å². The third-order valence-corrected chi connectivity index (χ3v) is 8.85. The van der Waals surface area contributed by atoms with Crippen molar-refractivity contribution < 1.29 is 5.11 Å². The highest BCUT2D eigenvalue weighted by atomic mass is 16.3. The molecule has 3 fully saturated rings. The molecule has 0 bridgehead atoms. The predicted octanol–water partition coefficient (Wildman–Crippen LogP) is 5.34. The molecule has 0 radical (unpaired) electrons. The fraction of sp³-hybridized carbons (Fsp3) is 0.905. The van der Waals surface area contributed by atoms with Crippen LogP contribution in [-0.2, 0) is 0 Å². The summed E-state index contributed by atoms with van der Waals surface area (Å²) >= 11 is 0. The maximum absolute atomic E-state index is 9.83. The van der Waals surface area contributed by atoms with Gasteiger partial charge in [-0.2, -0.15) is 0 Å². The molecule has 1 nitrogen and oxygen atoms in total. The van der Waals surface area contributed by atoms with E-state index >= 15 is 0 Å². The Morgan fingerprint density at radius 3 is 2.59 bits per heavy atom. The molecule has 0 aromatic heterocycles. The topological polar surface area (TPSA) is 20.2 Å². The van der Waals surface area contributed by atoms with Gasteiger partial charge in [0.1, 0.15) is 0 Å². The predicted molar refractivity (Wildman–Crippen MR) is 91.5 cm³/mol. The van der Waals surface area contributed by atoms with Crippen molar-refractivity contribution in [3.05, 3.63) is 11.1 Å². The standard InChI is InChI=1S/C21H34O/c1-14-5-4-11-21(3)17(14)9-7-16-18-8-6-15(13-22)20(18,2)12-10-19(16)21/h15-16,18-19,22H,4-13H2,1-3H3/t15?,16-,18-,19-,20+,21-/m0/s1. The van der Waals surface area contributed by atoms with Gasteiger partial charge in [0.05, 0.1) is 0 Å². The first-order chi connectivity index (χ1) is 10.5. The van der Waals surface area contributed by atoms with Crippen molar-refractivity contribution in [1.82, 2.24) is 0 Å². The number of allylic oxidation sites excluding steroid dienone is 2. The molecule has 4 rings (SSSR count). The summed E-state index contributed by atoms with van der Waals surface area (Å²) in [4.78, 5) is 0. The smallest absolute Gasteiger partial charge is 0.0464 e. The molecule has 1 heteroatoms. The SMILES string of the molecule is CC1=C2CC[C@@H]3[C@H](CC[C@]4(C)C(CO)CC[C@@H]34)[C@@]2(C)CCC1. The zero-order valence-electron chi connectivity index (χ0n) is 14.8. The highest BCUT2D eigenvalue weighted by molar-refractivity contribution is 5.28. The molecule has 22 heavy (non-hydrogen) atoms. The Hall–Kier alpha value is -0.300.